The lowest BCUT2D eigenvalue weighted by atomic mass is 9.92. The molecule has 0 radical (unpaired) electrons. The molecule has 2 saturated carbocycles. The van der Waals surface area contributed by atoms with E-state index in [9.17, 15) is 9.90 Å². The van der Waals surface area contributed by atoms with E-state index in [0.717, 1.165) is 30.7 Å². The number of amides is 1. The summed E-state index contributed by atoms with van der Waals surface area (Å²) in [7, 11) is 0. The second kappa shape index (κ2) is 8.07. The van der Waals surface area contributed by atoms with Crippen molar-refractivity contribution in [1.82, 2.24) is 15.8 Å². The first kappa shape index (κ1) is 18.0. The highest BCUT2D eigenvalue weighted by atomic mass is 16.3. The lowest BCUT2D eigenvalue weighted by Gasteiger charge is -2.37. The van der Waals surface area contributed by atoms with Crippen LogP contribution < -0.4 is 10.9 Å². The fourth-order valence-corrected chi connectivity index (χ4v) is 4.53. The van der Waals surface area contributed by atoms with Gasteiger partial charge in [-0.15, -0.1) is 0 Å². The van der Waals surface area contributed by atoms with Gasteiger partial charge in [-0.1, -0.05) is 49.6 Å². The predicted octanol–water partition coefficient (Wildman–Crippen LogP) is 2.53. The number of benzene rings is 1. The average molecular weight is 357 g/mol. The van der Waals surface area contributed by atoms with Crippen LogP contribution in [0.5, 0.6) is 0 Å². The molecular weight excluding hydrogens is 326 g/mol. The van der Waals surface area contributed by atoms with Gasteiger partial charge >= 0.3 is 0 Å². The van der Waals surface area contributed by atoms with Gasteiger partial charge in [-0.25, -0.2) is 5.43 Å². The normalized spacial score (nSPS) is 28.0. The van der Waals surface area contributed by atoms with Gasteiger partial charge in [-0.05, 0) is 43.6 Å². The third kappa shape index (κ3) is 4.11. The minimum atomic E-state index is -0.629. The SMILES string of the molecule is O=C(C1CC(C2CC2)NN1)N(CC(O)c1ccccc1)C1CCCCC1. The summed E-state index contributed by atoms with van der Waals surface area (Å²) in [6.45, 7) is 0.389. The number of nitrogens with one attached hydrogen (secondary N) is 2. The third-order valence-corrected chi connectivity index (χ3v) is 6.27. The maximum atomic E-state index is 13.3. The Hall–Kier alpha value is -1.43. The molecule has 1 saturated heterocycles. The van der Waals surface area contributed by atoms with Crippen LogP contribution >= 0.6 is 0 Å². The van der Waals surface area contributed by atoms with E-state index in [2.05, 4.69) is 10.9 Å². The van der Waals surface area contributed by atoms with Crippen molar-refractivity contribution < 1.29 is 9.90 Å². The van der Waals surface area contributed by atoms with Gasteiger partial charge < -0.3 is 10.0 Å². The van der Waals surface area contributed by atoms with Crippen molar-refractivity contribution in [3.8, 4) is 0 Å². The van der Waals surface area contributed by atoms with Crippen molar-refractivity contribution in [3.63, 3.8) is 0 Å². The molecule has 1 heterocycles. The number of nitrogens with zero attached hydrogens (tertiary/aromatic N) is 1. The molecule has 1 aromatic carbocycles. The zero-order chi connectivity index (χ0) is 17.9. The lowest BCUT2D eigenvalue weighted by Crippen LogP contribution is -2.51. The van der Waals surface area contributed by atoms with Crippen LogP contribution in [0.25, 0.3) is 0 Å². The highest BCUT2D eigenvalue weighted by Crippen LogP contribution is 2.36. The van der Waals surface area contributed by atoms with Gasteiger partial charge in [0, 0.05) is 12.1 Å². The second-order valence-corrected chi connectivity index (χ2v) is 8.23. The third-order valence-electron chi connectivity index (χ3n) is 6.27. The van der Waals surface area contributed by atoms with Gasteiger partial charge in [0.1, 0.15) is 6.04 Å². The summed E-state index contributed by atoms with van der Waals surface area (Å²) < 4.78 is 0. The van der Waals surface area contributed by atoms with E-state index in [0.29, 0.717) is 12.6 Å². The first-order valence-electron chi connectivity index (χ1n) is 10.3. The first-order valence-corrected chi connectivity index (χ1v) is 10.3. The van der Waals surface area contributed by atoms with E-state index in [-0.39, 0.29) is 18.0 Å². The Bertz CT molecular complexity index is 599. The van der Waals surface area contributed by atoms with Crippen LogP contribution in [-0.2, 0) is 4.79 Å². The predicted molar refractivity (Wildman–Crippen MR) is 101 cm³/mol. The zero-order valence-electron chi connectivity index (χ0n) is 15.4. The molecule has 26 heavy (non-hydrogen) atoms. The molecule has 5 heteroatoms. The number of carbonyl (C=O) groups is 1. The lowest BCUT2D eigenvalue weighted by molar-refractivity contribution is -0.138. The second-order valence-electron chi connectivity index (χ2n) is 8.23. The molecule has 2 aliphatic carbocycles. The molecule has 0 spiro atoms. The van der Waals surface area contributed by atoms with Gasteiger partial charge in [0.15, 0.2) is 0 Å². The topological polar surface area (TPSA) is 64.6 Å². The van der Waals surface area contributed by atoms with Crippen LogP contribution in [0.1, 0.15) is 63.0 Å². The average Bonchev–Trinajstić information content (AvgIpc) is 3.43. The maximum Gasteiger partial charge on any atom is 0.241 e. The zero-order valence-corrected chi connectivity index (χ0v) is 15.4. The molecule has 1 aliphatic heterocycles. The molecule has 142 valence electrons. The number of aliphatic hydroxyl groups excluding tert-OH is 1. The Morgan fingerprint density at radius 2 is 1.81 bits per heavy atom. The van der Waals surface area contributed by atoms with Gasteiger partial charge in [0.25, 0.3) is 0 Å². The minimum Gasteiger partial charge on any atom is -0.387 e. The Labute approximate surface area is 156 Å². The number of carbonyl (C=O) groups excluding carboxylic acids is 1. The van der Waals surface area contributed by atoms with Gasteiger partial charge in [-0.2, -0.15) is 0 Å². The van der Waals surface area contributed by atoms with E-state index >= 15 is 0 Å². The van der Waals surface area contributed by atoms with E-state index < -0.39 is 6.10 Å². The molecule has 5 nitrogen and oxygen atoms in total. The Kier molecular flexibility index (Phi) is 5.57. The number of rotatable bonds is 6. The Morgan fingerprint density at radius 1 is 1.08 bits per heavy atom. The van der Waals surface area contributed by atoms with Crippen molar-refractivity contribution in [3.05, 3.63) is 35.9 Å². The van der Waals surface area contributed by atoms with Crippen molar-refractivity contribution in [2.24, 2.45) is 5.92 Å². The van der Waals surface area contributed by atoms with E-state index in [1.165, 1.54) is 32.1 Å². The number of hydrogen-bond donors (Lipinski definition) is 3. The highest BCUT2D eigenvalue weighted by molar-refractivity contribution is 5.82. The van der Waals surface area contributed by atoms with Gasteiger partial charge in [-0.3, -0.25) is 10.2 Å². The molecule has 1 amide bonds. The molecular formula is C21H31N3O2. The first-order chi connectivity index (χ1) is 12.7. The summed E-state index contributed by atoms with van der Waals surface area (Å²) in [5.41, 5.74) is 7.45. The van der Waals surface area contributed by atoms with Crippen LogP contribution in [-0.4, -0.2) is 40.6 Å². The maximum absolute atomic E-state index is 13.3. The summed E-state index contributed by atoms with van der Waals surface area (Å²) in [5, 5.41) is 10.7. The summed E-state index contributed by atoms with van der Waals surface area (Å²) in [5.74, 6) is 0.890. The molecule has 3 atom stereocenters. The van der Waals surface area contributed by atoms with Gasteiger partial charge in [0.05, 0.1) is 12.6 Å². The molecule has 3 unspecified atom stereocenters. The van der Waals surface area contributed by atoms with Crippen molar-refractivity contribution in [2.75, 3.05) is 6.54 Å². The molecule has 0 bridgehead atoms. The smallest absolute Gasteiger partial charge is 0.241 e. The Morgan fingerprint density at radius 3 is 2.50 bits per heavy atom. The molecule has 3 fully saturated rings. The summed E-state index contributed by atoms with van der Waals surface area (Å²) in [6, 6.07) is 10.2. The highest BCUT2D eigenvalue weighted by Gasteiger charge is 2.41. The van der Waals surface area contributed by atoms with Crippen LogP contribution in [0.4, 0.5) is 0 Å². The minimum absolute atomic E-state index is 0.155. The van der Waals surface area contributed by atoms with Crippen LogP contribution in [0, 0.1) is 5.92 Å². The molecule has 3 N–H and O–H groups in total. The summed E-state index contributed by atoms with van der Waals surface area (Å²) >= 11 is 0. The summed E-state index contributed by atoms with van der Waals surface area (Å²) in [4.78, 5) is 15.3. The van der Waals surface area contributed by atoms with E-state index in [1.807, 2.05) is 35.2 Å². The van der Waals surface area contributed by atoms with E-state index in [1.54, 1.807) is 0 Å². The molecule has 0 aromatic heterocycles. The number of aliphatic hydroxyl groups is 1. The number of hydrazine groups is 1. The Balaban J connectivity index is 1.45. The van der Waals surface area contributed by atoms with Crippen molar-refractivity contribution in [1.29, 1.82) is 0 Å². The summed E-state index contributed by atoms with van der Waals surface area (Å²) in [6.07, 6.45) is 8.52. The quantitative estimate of drug-likeness (QED) is 0.732. The molecule has 1 aromatic rings. The standard InChI is InChI=1S/C21H31N3O2/c25-20(16-7-3-1-4-8-16)14-24(17-9-5-2-6-10-17)21(26)19-13-18(22-23-19)15-11-12-15/h1,3-4,7-8,15,17-20,22-23,25H,2,5-6,9-14H2. The van der Waals surface area contributed by atoms with Crippen LogP contribution in [0.3, 0.4) is 0 Å². The largest absolute Gasteiger partial charge is 0.387 e. The fraction of sp³-hybridized carbons (Fsp3) is 0.667. The molecule has 3 aliphatic rings. The monoisotopic (exact) mass is 357 g/mol. The van der Waals surface area contributed by atoms with Crippen LogP contribution in [0.15, 0.2) is 30.3 Å². The molecule has 4 rings (SSSR count). The fourth-order valence-electron chi connectivity index (χ4n) is 4.53. The van der Waals surface area contributed by atoms with Crippen LogP contribution in [0.2, 0.25) is 0 Å². The van der Waals surface area contributed by atoms with Crippen molar-refractivity contribution in [2.45, 2.75) is 75.6 Å². The van der Waals surface area contributed by atoms with Gasteiger partial charge in [0.2, 0.25) is 5.91 Å². The number of hydrogen-bond acceptors (Lipinski definition) is 4. The van der Waals surface area contributed by atoms with E-state index in [4.69, 9.17) is 0 Å². The van der Waals surface area contributed by atoms with Crippen molar-refractivity contribution >= 4 is 5.91 Å².